The van der Waals surface area contributed by atoms with E-state index in [1.54, 1.807) is 4.90 Å². The van der Waals surface area contributed by atoms with Gasteiger partial charge in [0, 0.05) is 31.9 Å². The van der Waals surface area contributed by atoms with Gasteiger partial charge in [-0.3, -0.25) is 4.79 Å². The molecule has 33 heavy (non-hydrogen) atoms. The fourth-order valence-electron chi connectivity index (χ4n) is 5.40. The third-order valence-electron chi connectivity index (χ3n) is 7.87. The minimum Gasteiger partial charge on any atom is -0.391 e. The number of nitrogens with zero attached hydrogens (tertiary/aromatic N) is 3. The third kappa shape index (κ3) is 4.57. The van der Waals surface area contributed by atoms with Crippen LogP contribution in [0.4, 0.5) is 10.5 Å². The van der Waals surface area contributed by atoms with E-state index in [9.17, 15) is 14.7 Å². The number of aliphatic hydroxyl groups is 1. The molecule has 0 unspecified atom stereocenters. The van der Waals surface area contributed by atoms with E-state index in [0.29, 0.717) is 19.6 Å². The van der Waals surface area contributed by atoms with Crippen LogP contribution in [0.3, 0.4) is 0 Å². The zero-order valence-corrected chi connectivity index (χ0v) is 19.4. The Morgan fingerprint density at radius 1 is 1.06 bits per heavy atom. The Morgan fingerprint density at radius 3 is 2.61 bits per heavy atom. The normalized spacial score (nSPS) is 25.0. The number of urea groups is 1. The summed E-state index contributed by atoms with van der Waals surface area (Å²) in [6.07, 6.45) is 4.13. The Labute approximate surface area is 195 Å². The van der Waals surface area contributed by atoms with Gasteiger partial charge in [0.2, 0.25) is 5.91 Å². The van der Waals surface area contributed by atoms with Crippen molar-refractivity contribution in [3.8, 4) is 0 Å². The number of likely N-dealkylation sites (tertiary alicyclic amines) is 1. The second-order valence-electron chi connectivity index (χ2n) is 9.97. The van der Waals surface area contributed by atoms with E-state index in [1.165, 1.54) is 12.8 Å². The Kier molecular flexibility index (Phi) is 6.01. The van der Waals surface area contributed by atoms with Gasteiger partial charge < -0.3 is 25.1 Å². The first-order valence-corrected chi connectivity index (χ1v) is 12.2. The van der Waals surface area contributed by atoms with Crippen LogP contribution in [0.1, 0.15) is 32.6 Å². The zero-order valence-electron chi connectivity index (χ0n) is 19.4. The topological polar surface area (TPSA) is 76.1 Å². The van der Waals surface area contributed by atoms with Gasteiger partial charge in [-0.25, -0.2) is 4.79 Å². The van der Waals surface area contributed by atoms with Crippen LogP contribution in [0, 0.1) is 5.41 Å². The summed E-state index contributed by atoms with van der Waals surface area (Å²) in [7, 11) is 0. The number of carbonyl (C=O) groups is 2. The number of piperidine rings is 1. The molecule has 1 spiro atoms. The van der Waals surface area contributed by atoms with E-state index in [2.05, 4.69) is 10.2 Å². The van der Waals surface area contributed by atoms with Gasteiger partial charge in [-0.2, -0.15) is 0 Å². The summed E-state index contributed by atoms with van der Waals surface area (Å²) in [6, 6.07) is 13.2. The first kappa shape index (κ1) is 22.2. The van der Waals surface area contributed by atoms with Crippen LogP contribution in [-0.4, -0.2) is 83.2 Å². The molecule has 2 aromatic rings. The van der Waals surface area contributed by atoms with Crippen LogP contribution < -0.4 is 5.32 Å². The van der Waals surface area contributed by atoms with Gasteiger partial charge in [-0.05, 0) is 74.0 Å². The fraction of sp³-hybridized carbons (Fsp3) is 0.538. The largest absolute Gasteiger partial charge is 0.391 e. The number of hydrogen-bond acceptors (Lipinski definition) is 4. The molecule has 2 heterocycles. The highest BCUT2D eigenvalue weighted by Gasteiger charge is 2.51. The molecule has 7 nitrogen and oxygen atoms in total. The van der Waals surface area contributed by atoms with Gasteiger partial charge in [-0.1, -0.05) is 30.3 Å². The third-order valence-corrected chi connectivity index (χ3v) is 7.87. The van der Waals surface area contributed by atoms with Gasteiger partial charge in [0.25, 0.3) is 0 Å². The van der Waals surface area contributed by atoms with Gasteiger partial charge in [0.15, 0.2) is 0 Å². The van der Waals surface area contributed by atoms with E-state index >= 15 is 0 Å². The van der Waals surface area contributed by atoms with Gasteiger partial charge in [0.1, 0.15) is 6.04 Å². The highest BCUT2D eigenvalue weighted by atomic mass is 16.3. The Hall–Kier alpha value is -2.64. The van der Waals surface area contributed by atoms with Crippen molar-refractivity contribution in [3.63, 3.8) is 0 Å². The second-order valence-corrected chi connectivity index (χ2v) is 9.97. The average molecular weight is 451 g/mol. The summed E-state index contributed by atoms with van der Waals surface area (Å²) in [6.45, 7) is 6.29. The first-order valence-electron chi connectivity index (χ1n) is 12.2. The molecule has 176 valence electrons. The molecule has 2 N–H and O–H groups in total. The minimum atomic E-state index is -0.481. The van der Waals surface area contributed by atoms with Crippen molar-refractivity contribution in [3.05, 3.63) is 42.5 Å². The molecule has 1 saturated carbocycles. The molecule has 2 atom stereocenters. The molecule has 0 bridgehead atoms. The predicted molar refractivity (Wildman–Crippen MR) is 129 cm³/mol. The van der Waals surface area contributed by atoms with Gasteiger partial charge in [-0.15, -0.1) is 0 Å². The zero-order chi connectivity index (χ0) is 23.0. The van der Waals surface area contributed by atoms with Gasteiger partial charge >= 0.3 is 6.03 Å². The van der Waals surface area contributed by atoms with Crippen molar-refractivity contribution in [1.82, 2.24) is 14.7 Å². The Bertz CT molecular complexity index is 1040. The van der Waals surface area contributed by atoms with Crippen LogP contribution in [0.15, 0.2) is 42.5 Å². The van der Waals surface area contributed by atoms with Crippen LogP contribution in [0.5, 0.6) is 0 Å². The quantitative estimate of drug-likeness (QED) is 0.734. The maximum absolute atomic E-state index is 12.9. The van der Waals surface area contributed by atoms with E-state index in [-0.39, 0.29) is 23.5 Å². The number of hydrogen-bond donors (Lipinski definition) is 2. The molecule has 3 fully saturated rings. The van der Waals surface area contributed by atoms with E-state index < -0.39 is 6.04 Å². The highest BCUT2D eigenvalue weighted by Crippen LogP contribution is 2.53. The van der Waals surface area contributed by atoms with Crippen molar-refractivity contribution in [2.24, 2.45) is 5.41 Å². The lowest BCUT2D eigenvalue weighted by Crippen LogP contribution is -2.58. The van der Waals surface area contributed by atoms with Gasteiger partial charge in [0.05, 0.1) is 6.10 Å². The van der Waals surface area contributed by atoms with Crippen LogP contribution in [0.25, 0.3) is 10.8 Å². The molecule has 7 heteroatoms. The van der Waals surface area contributed by atoms with Crippen molar-refractivity contribution >= 4 is 28.4 Å². The SMILES string of the molecule is C[C@H]1C(=O)N(CCCN2CCC3(CC3)[C@H](O)C2)CCN1C(=O)Nc1ccc2ccccc2c1. The summed E-state index contributed by atoms with van der Waals surface area (Å²) < 4.78 is 0. The maximum Gasteiger partial charge on any atom is 0.322 e. The maximum atomic E-state index is 12.9. The Morgan fingerprint density at radius 2 is 1.85 bits per heavy atom. The van der Waals surface area contributed by atoms with Crippen LogP contribution >= 0.6 is 0 Å². The molecule has 2 saturated heterocycles. The van der Waals surface area contributed by atoms with Crippen LogP contribution in [0.2, 0.25) is 0 Å². The fourth-order valence-corrected chi connectivity index (χ4v) is 5.40. The molecule has 0 radical (unpaired) electrons. The number of anilines is 1. The number of aliphatic hydroxyl groups excluding tert-OH is 1. The first-order chi connectivity index (χ1) is 15.9. The molecular weight excluding hydrogens is 416 g/mol. The van der Waals surface area contributed by atoms with E-state index in [0.717, 1.165) is 48.9 Å². The summed E-state index contributed by atoms with van der Waals surface area (Å²) in [5, 5.41) is 15.5. The second kappa shape index (κ2) is 8.95. The number of carbonyl (C=O) groups excluding carboxylic acids is 2. The molecule has 2 aliphatic heterocycles. The lowest BCUT2D eigenvalue weighted by atomic mass is 9.90. The van der Waals surface area contributed by atoms with Crippen molar-refractivity contribution < 1.29 is 14.7 Å². The minimum absolute atomic E-state index is 0.00511. The number of nitrogens with one attached hydrogen (secondary N) is 1. The number of β-amino-alcohol motifs (C(OH)–C–C–N with tert-alkyl or cyclic N) is 1. The summed E-state index contributed by atoms with van der Waals surface area (Å²) in [5.74, 6) is 0.00511. The van der Waals surface area contributed by atoms with Crippen LogP contribution in [-0.2, 0) is 4.79 Å². The number of piperazine rings is 1. The van der Waals surface area contributed by atoms with Crippen molar-refractivity contribution in [1.29, 1.82) is 0 Å². The number of fused-ring (bicyclic) bond motifs is 1. The molecule has 3 amide bonds. The molecular formula is C26H34N4O3. The lowest BCUT2D eigenvalue weighted by Gasteiger charge is -2.40. The number of amides is 3. The van der Waals surface area contributed by atoms with E-state index in [4.69, 9.17) is 0 Å². The smallest absolute Gasteiger partial charge is 0.322 e. The average Bonchev–Trinajstić information content (AvgIpc) is 3.60. The molecule has 0 aromatic heterocycles. The number of benzene rings is 2. The van der Waals surface area contributed by atoms with E-state index in [1.807, 2.05) is 54.3 Å². The standard InChI is InChI=1S/C26H34N4O3/c1-19-24(32)29(13-4-12-28-14-11-26(9-10-26)23(31)18-28)15-16-30(19)25(33)27-22-8-7-20-5-2-3-6-21(20)17-22/h2-3,5-8,17,19,23,31H,4,9-16,18H2,1H3,(H,27,33)/t19-,23+/m0/s1. The number of rotatable bonds is 5. The molecule has 3 aliphatic rings. The Balaban J connectivity index is 1.10. The monoisotopic (exact) mass is 450 g/mol. The summed E-state index contributed by atoms with van der Waals surface area (Å²) in [5.41, 5.74) is 0.962. The van der Waals surface area contributed by atoms with Crippen molar-refractivity contribution in [2.75, 3.05) is 44.6 Å². The summed E-state index contributed by atoms with van der Waals surface area (Å²) in [4.78, 5) is 31.7. The molecule has 1 aliphatic carbocycles. The summed E-state index contributed by atoms with van der Waals surface area (Å²) >= 11 is 0. The van der Waals surface area contributed by atoms with Crippen molar-refractivity contribution in [2.45, 2.75) is 44.8 Å². The molecule has 2 aromatic carbocycles. The predicted octanol–water partition coefficient (Wildman–Crippen LogP) is 3.14. The molecule has 5 rings (SSSR count). The lowest BCUT2D eigenvalue weighted by molar-refractivity contribution is -0.139. The highest BCUT2D eigenvalue weighted by molar-refractivity contribution is 5.96.